The summed E-state index contributed by atoms with van der Waals surface area (Å²) in [5, 5.41) is 2.02. The molecule has 0 aliphatic carbocycles. The molecular weight excluding hydrogens is 366 g/mol. The lowest BCUT2D eigenvalue weighted by atomic mass is 9.97. The largest absolute Gasteiger partial charge is 0.253 e. The van der Waals surface area contributed by atoms with Gasteiger partial charge in [0.2, 0.25) is 0 Å². The molecule has 0 amide bonds. The van der Waals surface area contributed by atoms with Crippen LogP contribution >= 0.6 is 15.9 Å². The molecule has 0 saturated heterocycles. The quantitative estimate of drug-likeness (QED) is 0.252. The molecule has 3 nitrogen and oxygen atoms in total. The van der Waals surface area contributed by atoms with Gasteiger partial charge in [-0.3, -0.25) is 4.98 Å². The number of fused-ring (bicyclic) bond motifs is 1. The zero-order valence-corrected chi connectivity index (χ0v) is 15.5. The number of aromatic nitrogens is 1. The molecule has 0 saturated carbocycles. The van der Waals surface area contributed by atoms with Crippen molar-refractivity contribution in [3.8, 4) is 11.1 Å². The summed E-state index contributed by atoms with van der Waals surface area (Å²) in [5.41, 5.74) is 6.90. The highest BCUT2D eigenvalue weighted by Gasteiger charge is 2.08. The van der Waals surface area contributed by atoms with Gasteiger partial charge in [0.25, 0.3) is 0 Å². The van der Waals surface area contributed by atoms with Crippen molar-refractivity contribution in [2.75, 3.05) is 13.7 Å². The first-order valence-corrected chi connectivity index (χ1v) is 9.04. The number of hydrogen-bond acceptors (Lipinski definition) is 3. The molecular formula is C20H20BrNO2. The highest BCUT2D eigenvalue weighted by Crippen LogP contribution is 2.28. The third-order valence-corrected chi connectivity index (χ3v) is 4.67. The normalized spacial score (nSPS) is 11.1. The van der Waals surface area contributed by atoms with Crippen LogP contribution in [0.2, 0.25) is 0 Å². The molecule has 0 aliphatic heterocycles. The van der Waals surface area contributed by atoms with E-state index in [-0.39, 0.29) is 0 Å². The van der Waals surface area contributed by atoms with Crippen LogP contribution < -0.4 is 0 Å². The molecule has 3 aromatic rings. The van der Waals surface area contributed by atoms with E-state index < -0.39 is 0 Å². The predicted molar refractivity (Wildman–Crippen MR) is 101 cm³/mol. The van der Waals surface area contributed by atoms with Crippen molar-refractivity contribution < 1.29 is 9.78 Å². The first-order valence-electron chi connectivity index (χ1n) is 7.92. The van der Waals surface area contributed by atoms with Crippen molar-refractivity contribution in [2.24, 2.45) is 0 Å². The third kappa shape index (κ3) is 3.83. The summed E-state index contributed by atoms with van der Waals surface area (Å²) in [6.45, 7) is 2.52. The van der Waals surface area contributed by atoms with E-state index in [0.29, 0.717) is 6.61 Å². The first-order chi connectivity index (χ1) is 11.7. The molecule has 0 aliphatic rings. The van der Waals surface area contributed by atoms with Gasteiger partial charge in [0.1, 0.15) is 0 Å². The smallest absolute Gasteiger partial charge is 0.0863 e. The topological polar surface area (TPSA) is 31.4 Å². The van der Waals surface area contributed by atoms with Crippen molar-refractivity contribution in [2.45, 2.75) is 18.7 Å². The number of benzene rings is 2. The number of pyridine rings is 1. The van der Waals surface area contributed by atoms with Crippen LogP contribution in [-0.2, 0) is 21.5 Å². The van der Waals surface area contributed by atoms with Gasteiger partial charge in [-0.1, -0.05) is 46.3 Å². The van der Waals surface area contributed by atoms with Crippen LogP contribution in [0.25, 0.3) is 22.0 Å². The fraction of sp³-hybridized carbons (Fsp3) is 0.250. The van der Waals surface area contributed by atoms with Crippen molar-refractivity contribution in [1.29, 1.82) is 0 Å². The monoisotopic (exact) mass is 385 g/mol. The average molecular weight is 386 g/mol. The highest BCUT2D eigenvalue weighted by molar-refractivity contribution is 9.08. The van der Waals surface area contributed by atoms with Gasteiger partial charge in [0.05, 0.1) is 19.2 Å². The van der Waals surface area contributed by atoms with Crippen LogP contribution in [0.4, 0.5) is 0 Å². The minimum absolute atomic E-state index is 0.507. The van der Waals surface area contributed by atoms with E-state index in [2.05, 4.69) is 64.5 Å². The lowest BCUT2D eigenvalue weighted by Gasteiger charge is -2.11. The summed E-state index contributed by atoms with van der Waals surface area (Å²) in [5.74, 6) is 0. The Labute approximate surface area is 150 Å². The van der Waals surface area contributed by atoms with Gasteiger partial charge in [-0.25, -0.2) is 9.78 Å². The molecule has 2 aromatic carbocycles. The Kier molecular flexibility index (Phi) is 5.61. The lowest BCUT2D eigenvalue weighted by Crippen LogP contribution is -2.00. The van der Waals surface area contributed by atoms with Crippen LogP contribution in [0.15, 0.2) is 48.5 Å². The summed E-state index contributed by atoms with van der Waals surface area (Å²) >= 11 is 3.49. The van der Waals surface area contributed by atoms with Gasteiger partial charge in [0.15, 0.2) is 0 Å². The van der Waals surface area contributed by atoms with E-state index in [4.69, 9.17) is 14.8 Å². The fourth-order valence-electron chi connectivity index (χ4n) is 2.78. The summed E-state index contributed by atoms with van der Waals surface area (Å²) in [7, 11) is 1.53. The van der Waals surface area contributed by atoms with E-state index in [1.54, 1.807) is 0 Å². The van der Waals surface area contributed by atoms with E-state index >= 15 is 0 Å². The summed E-state index contributed by atoms with van der Waals surface area (Å²) in [6.07, 6.45) is 0.758. The Hall–Kier alpha value is -1.75. The van der Waals surface area contributed by atoms with Crippen LogP contribution in [-0.4, -0.2) is 18.7 Å². The second-order valence-corrected chi connectivity index (χ2v) is 6.29. The zero-order valence-electron chi connectivity index (χ0n) is 13.9. The molecule has 124 valence electrons. The van der Waals surface area contributed by atoms with Crippen molar-refractivity contribution >= 4 is 26.8 Å². The number of hydrogen-bond donors (Lipinski definition) is 0. The number of halogens is 1. The molecule has 0 fully saturated rings. The minimum atomic E-state index is 0.507. The maximum Gasteiger partial charge on any atom is 0.0863 e. The van der Waals surface area contributed by atoms with Gasteiger partial charge in [-0.15, -0.1) is 0 Å². The number of nitrogens with zero attached hydrogens (tertiary/aromatic N) is 1. The van der Waals surface area contributed by atoms with Gasteiger partial charge < -0.3 is 0 Å². The number of rotatable bonds is 6. The highest BCUT2D eigenvalue weighted by atomic mass is 79.9. The molecule has 24 heavy (non-hydrogen) atoms. The minimum Gasteiger partial charge on any atom is -0.253 e. The summed E-state index contributed by atoms with van der Waals surface area (Å²) in [4.78, 5) is 14.5. The number of alkyl halides is 1. The standard InChI is InChI=1S/C20H20BrNO2/c1-14-3-6-17-11-19(16-7-4-15(13-21)5-8-16)12-18(20(17)22-14)9-10-24-23-2/h3-8,11-12H,9-10,13H2,1-2H3. The Morgan fingerprint density at radius 3 is 2.50 bits per heavy atom. The molecule has 0 unspecified atom stereocenters. The second kappa shape index (κ2) is 7.88. The Balaban J connectivity index is 2.05. The Morgan fingerprint density at radius 1 is 1.00 bits per heavy atom. The van der Waals surface area contributed by atoms with E-state index in [0.717, 1.165) is 28.3 Å². The van der Waals surface area contributed by atoms with Crippen LogP contribution in [0, 0.1) is 6.92 Å². The fourth-order valence-corrected chi connectivity index (χ4v) is 3.16. The van der Waals surface area contributed by atoms with Crippen LogP contribution in [0.1, 0.15) is 16.8 Å². The predicted octanol–water partition coefficient (Wildman–Crippen LogP) is 5.23. The molecule has 1 aromatic heterocycles. The molecule has 1 heterocycles. The van der Waals surface area contributed by atoms with Crippen molar-refractivity contribution in [3.05, 3.63) is 65.4 Å². The molecule has 4 heteroatoms. The van der Waals surface area contributed by atoms with Crippen molar-refractivity contribution in [1.82, 2.24) is 4.98 Å². The second-order valence-electron chi connectivity index (χ2n) is 5.73. The lowest BCUT2D eigenvalue weighted by molar-refractivity contribution is -0.271. The van der Waals surface area contributed by atoms with E-state index in [1.807, 2.05) is 6.92 Å². The molecule has 3 rings (SSSR count). The van der Waals surface area contributed by atoms with Gasteiger partial charge in [-0.05, 0) is 47.4 Å². The SMILES string of the molecule is COOCCc1cc(-c2ccc(CBr)cc2)cc2ccc(C)nc12. The summed E-state index contributed by atoms with van der Waals surface area (Å²) in [6, 6.07) is 17.2. The van der Waals surface area contributed by atoms with Crippen LogP contribution in [0.3, 0.4) is 0 Å². The molecule has 0 N–H and O–H groups in total. The maximum absolute atomic E-state index is 5.06. The van der Waals surface area contributed by atoms with Crippen LogP contribution in [0.5, 0.6) is 0 Å². The van der Waals surface area contributed by atoms with E-state index in [9.17, 15) is 0 Å². The maximum atomic E-state index is 5.06. The zero-order chi connectivity index (χ0) is 16.9. The Bertz CT molecular complexity index is 831. The van der Waals surface area contributed by atoms with E-state index in [1.165, 1.54) is 29.4 Å². The molecule has 0 atom stereocenters. The molecule has 0 spiro atoms. The average Bonchev–Trinajstić information content (AvgIpc) is 2.62. The van der Waals surface area contributed by atoms with Gasteiger partial charge >= 0.3 is 0 Å². The number of aryl methyl sites for hydroxylation is 1. The Morgan fingerprint density at radius 2 is 1.79 bits per heavy atom. The third-order valence-electron chi connectivity index (χ3n) is 4.02. The summed E-state index contributed by atoms with van der Waals surface area (Å²) < 4.78 is 0. The van der Waals surface area contributed by atoms with Gasteiger partial charge in [0, 0.05) is 22.8 Å². The molecule has 0 bridgehead atoms. The molecule has 0 radical (unpaired) electrons. The first kappa shape index (κ1) is 17.1. The van der Waals surface area contributed by atoms with Gasteiger partial charge in [-0.2, -0.15) is 0 Å². The van der Waals surface area contributed by atoms with Crippen molar-refractivity contribution in [3.63, 3.8) is 0 Å².